The van der Waals surface area contributed by atoms with Crippen LogP contribution >= 0.6 is 0 Å². The molecule has 0 saturated carbocycles. The Morgan fingerprint density at radius 2 is 1.37 bits per heavy atom. The van der Waals surface area contributed by atoms with Gasteiger partial charge in [0.15, 0.2) is 24.5 Å². The van der Waals surface area contributed by atoms with Crippen molar-refractivity contribution in [2.75, 3.05) is 6.61 Å². The molecule has 15 nitrogen and oxygen atoms in total. The molecule has 1 fully saturated rings. The average molecular weight is 667 g/mol. The summed E-state index contributed by atoms with van der Waals surface area (Å²) in [5.74, 6) is -2.41. The van der Waals surface area contributed by atoms with Crippen LogP contribution in [0.15, 0.2) is 35.4 Å². The summed E-state index contributed by atoms with van der Waals surface area (Å²) in [7, 11) is -4.01. The lowest BCUT2D eigenvalue weighted by Gasteiger charge is -2.44. The summed E-state index contributed by atoms with van der Waals surface area (Å²) in [5, 5.41) is 13.6. The van der Waals surface area contributed by atoms with E-state index in [1.54, 1.807) is 26.8 Å². The van der Waals surface area contributed by atoms with Crippen LogP contribution < -0.4 is 5.14 Å². The number of esters is 4. The number of primary sulfonamides is 1. The van der Waals surface area contributed by atoms with Gasteiger partial charge >= 0.3 is 23.9 Å². The highest BCUT2D eigenvalue weighted by molar-refractivity contribution is 7.89. The summed E-state index contributed by atoms with van der Waals surface area (Å²) >= 11 is 0. The number of sulfonamides is 1. The van der Waals surface area contributed by atoms with Crippen LogP contribution in [0.3, 0.4) is 0 Å². The summed E-state index contributed by atoms with van der Waals surface area (Å²) in [4.78, 5) is 50.8. The second-order valence-corrected chi connectivity index (χ2v) is 12.3. The fourth-order valence-corrected chi connectivity index (χ4v) is 5.27. The van der Waals surface area contributed by atoms with E-state index in [1.165, 1.54) is 29.1 Å². The first-order valence-electron chi connectivity index (χ1n) is 15.4. The van der Waals surface area contributed by atoms with Crippen LogP contribution in [-0.4, -0.2) is 78.3 Å². The maximum absolute atomic E-state index is 12.9. The van der Waals surface area contributed by atoms with Gasteiger partial charge in [-0.05, 0) is 37.8 Å². The number of nitrogens with two attached hydrogens (primary N) is 1. The van der Waals surface area contributed by atoms with Crippen molar-refractivity contribution >= 4 is 33.9 Å². The zero-order valence-corrected chi connectivity index (χ0v) is 27.3. The quantitative estimate of drug-likeness (QED) is 0.202. The Morgan fingerprint density at radius 1 is 0.826 bits per heavy atom. The minimum Gasteiger partial charge on any atom is -0.463 e. The van der Waals surface area contributed by atoms with Gasteiger partial charge in [0, 0.05) is 31.2 Å². The molecule has 46 heavy (non-hydrogen) atoms. The smallest absolute Gasteiger partial charge is 0.306 e. The van der Waals surface area contributed by atoms with Crippen molar-refractivity contribution in [3.8, 4) is 11.3 Å². The summed E-state index contributed by atoms with van der Waals surface area (Å²) in [6.07, 6.45) is -3.01. The Kier molecular flexibility index (Phi) is 13.6. The predicted molar refractivity (Wildman–Crippen MR) is 161 cm³/mol. The molecule has 0 bridgehead atoms. The van der Waals surface area contributed by atoms with E-state index < -0.39 is 64.5 Å². The van der Waals surface area contributed by atoms with Crippen molar-refractivity contribution in [2.24, 2.45) is 5.14 Å². The van der Waals surface area contributed by atoms with Gasteiger partial charge in [-0.2, -0.15) is 0 Å². The van der Waals surface area contributed by atoms with E-state index in [2.05, 4.69) is 10.3 Å². The lowest BCUT2D eigenvalue weighted by molar-refractivity contribution is -0.272. The largest absolute Gasteiger partial charge is 0.463 e. The van der Waals surface area contributed by atoms with Gasteiger partial charge in [-0.3, -0.25) is 19.2 Å². The van der Waals surface area contributed by atoms with Crippen molar-refractivity contribution in [1.29, 1.82) is 0 Å². The van der Waals surface area contributed by atoms with Crippen LogP contribution in [0, 0.1) is 0 Å². The van der Waals surface area contributed by atoms with E-state index in [0.29, 0.717) is 31.2 Å². The van der Waals surface area contributed by atoms with Crippen LogP contribution in [0.4, 0.5) is 0 Å². The number of hydrogen-bond acceptors (Lipinski definition) is 13. The van der Waals surface area contributed by atoms with Gasteiger partial charge in [0.1, 0.15) is 18.4 Å². The van der Waals surface area contributed by atoms with E-state index in [9.17, 15) is 27.6 Å². The molecule has 2 N–H and O–H groups in total. The first kappa shape index (κ1) is 36.6. The van der Waals surface area contributed by atoms with Gasteiger partial charge in [-0.25, -0.2) is 18.2 Å². The van der Waals surface area contributed by atoms with Crippen LogP contribution in [0.1, 0.15) is 85.3 Å². The van der Waals surface area contributed by atoms with Crippen LogP contribution in [0.5, 0.6) is 0 Å². The summed E-state index contributed by atoms with van der Waals surface area (Å²) in [5.41, 5.74) is 0.574. The van der Waals surface area contributed by atoms with Crippen LogP contribution in [0.2, 0.25) is 0 Å². The molecule has 0 spiro atoms. The van der Waals surface area contributed by atoms with Gasteiger partial charge in [0.05, 0.1) is 11.1 Å². The van der Waals surface area contributed by atoms with Gasteiger partial charge < -0.3 is 23.7 Å². The lowest BCUT2D eigenvalue weighted by atomic mass is 9.97. The monoisotopic (exact) mass is 666 g/mol. The second kappa shape index (κ2) is 17.1. The maximum atomic E-state index is 12.9. The van der Waals surface area contributed by atoms with Crippen molar-refractivity contribution in [2.45, 2.75) is 115 Å². The van der Waals surface area contributed by atoms with Gasteiger partial charge in [0.2, 0.25) is 10.0 Å². The number of rotatable bonds is 16. The Labute approximate surface area is 268 Å². The molecule has 254 valence electrons. The Bertz CT molecular complexity index is 1460. The minimum absolute atomic E-state index is 0.0251. The van der Waals surface area contributed by atoms with Crippen molar-refractivity contribution in [3.63, 3.8) is 0 Å². The highest BCUT2D eigenvalue weighted by Crippen LogP contribution is 2.36. The average Bonchev–Trinajstić information content (AvgIpc) is 3.49. The highest BCUT2D eigenvalue weighted by atomic mass is 32.2. The molecule has 16 heteroatoms. The number of carbonyl (C=O) groups is 4. The maximum Gasteiger partial charge on any atom is 0.306 e. The molecule has 0 aliphatic carbocycles. The molecule has 0 unspecified atom stereocenters. The SMILES string of the molecule is CCCC(=O)OC[C@H]1O[C@@H](n2cc(-c3cccc(S(N)(=O)=O)c3)nn2)[C@H](OC(=O)CCC)[C@@H](OC(=O)CCC)[C@H]1OC(=O)CCC. The number of carbonyl (C=O) groups excluding carboxylic acids is 4. The minimum atomic E-state index is -4.01. The third-order valence-electron chi connectivity index (χ3n) is 6.87. The van der Waals surface area contributed by atoms with Gasteiger partial charge in [-0.1, -0.05) is 45.0 Å². The van der Waals surface area contributed by atoms with E-state index >= 15 is 0 Å². The number of ether oxygens (including phenoxy) is 5. The Morgan fingerprint density at radius 3 is 1.93 bits per heavy atom. The van der Waals surface area contributed by atoms with E-state index in [4.69, 9.17) is 28.8 Å². The molecular formula is C30H42N4O11S. The van der Waals surface area contributed by atoms with Crippen LogP contribution in [-0.2, 0) is 52.9 Å². The number of benzene rings is 1. The Balaban J connectivity index is 2.12. The highest BCUT2D eigenvalue weighted by Gasteiger charge is 2.53. The zero-order valence-electron chi connectivity index (χ0n) is 26.5. The third kappa shape index (κ3) is 10.1. The van der Waals surface area contributed by atoms with E-state index in [0.717, 1.165) is 0 Å². The van der Waals surface area contributed by atoms with Gasteiger partial charge in [0.25, 0.3) is 0 Å². The Hall–Kier alpha value is -3.89. The molecule has 1 saturated heterocycles. The number of nitrogens with zero attached hydrogens (tertiary/aromatic N) is 3. The molecule has 0 radical (unpaired) electrons. The molecule has 0 amide bonds. The third-order valence-corrected chi connectivity index (χ3v) is 7.78. The van der Waals surface area contributed by atoms with Crippen LogP contribution in [0.25, 0.3) is 11.3 Å². The number of hydrogen-bond donors (Lipinski definition) is 1. The van der Waals surface area contributed by atoms with E-state index in [1.807, 2.05) is 6.92 Å². The van der Waals surface area contributed by atoms with Crippen molar-refractivity contribution in [3.05, 3.63) is 30.5 Å². The molecule has 2 heterocycles. The topological polar surface area (TPSA) is 205 Å². The van der Waals surface area contributed by atoms with E-state index in [-0.39, 0.29) is 42.9 Å². The molecule has 5 atom stereocenters. The molecule has 1 aliphatic rings. The lowest BCUT2D eigenvalue weighted by Crippen LogP contribution is -2.61. The van der Waals surface area contributed by atoms with Gasteiger partial charge in [-0.15, -0.1) is 5.10 Å². The number of aromatic nitrogens is 3. The molecule has 2 aromatic rings. The summed E-state index contributed by atoms with van der Waals surface area (Å²) < 4.78 is 54.2. The predicted octanol–water partition coefficient (Wildman–Crippen LogP) is 2.97. The molecule has 1 aromatic carbocycles. The zero-order chi connectivity index (χ0) is 33.9. The second-order valence-electron chi connectivity index (χ2n) is 10.8. The fraction of sp³-hybridized carbons (Fsp3) is 0.600. The first-order valence-corrected chi connectivity index (χ1v) is 16.9. The standard InChI is InChI=1S/C30H42N4O11S/c1-5-10-23(35)41-18-22-27(43-24(36)11-6-2)28(44-25(37)12-7-3)29(45-26(38)13-8-4)30(42-22)34-17-21(32-33-34)19-14-9-15-20(16-19)46(31,39)40/h9,14-17,22,27-30H,5-8,10-13,18H2,1-4H3,(H2,31,39,40)/t22-,27+,28+,29-,30-/m1/s1. The molecule has 1 aliphatic heterocycles. The summed E-state index contributed by atoms with van der Waals surface area (Å²) in [6, 6.07) is 5.73. The molecular weight excluding hydrogens is 624 g/mol. The normalized spacial score (nSPS) is 21.3. The summed E-state index contributed by atoms with van der Waals surface area (Å²) in [6.45, 7) is 6.78. The molecule has 3 rings (SSSR count). The molecule has 1 aromatic heterocycles. The van der Waals surface area contributed by atoms with Crippen molar-refractivity contribution in [1.82, 2.24) is 15.0 Å². The van der Waals surface area contributed by atoms with Crippen molar-refractivity contribution < 1.29 is 51.3 Å². The fourth-order valence-electron chi connectivity index (χ4n) is 4.71. The first-order chi connectivity index (χ1) is 21.9.